The number of rotatable bonds is 5. The highest BCUT2D eigenvalue weighted by Crippen LogP contribution is 2.26. The Morgan fingerprint density at radius 3 is 2.63 bits per heavy atom. The SMILES string of the molecule is CCNC(=O)Nc1cccc(-n2c([CH]CC(C)(C)C)nc3cccc(Br)c3c2=O)c1. The topological polar surface area (TPSA) is 76.0 Å². The van der Waals surface area contributed by atoms with Crippen molar-refractivity contribution in [3.8, 4) is 5.69 Å². The molecular weight excluding hydrogens is 444 g/mol. The van der Waals surface area contributed by atoms with Gasteiger partial charge in [0, 0.05) is 23.1 Å². The van der Waals surface area contributed by atoms with Crippen LogP contribution in [0.1, 0.15) is 39.9 Å². The summed E-state index contributed by atoms with van der Waals surface area (Å²) in [4.78, 5) is 30.2. The number of halogens is 1. The summed E-state index contributed by atoms with van der Waals surface area (Å²) in [6.07, 6.45) is 2.75. The summed E-state index contributed by atoms with van der Waals surface area (Å²) in [7, 11) is 0. The normalized spacial score (nSPS) is 11.5. The Morgan fingerprint density at radius 1 is 1.20 bits per heavy atom. The molecule has 0 unspecified atom stereocenters. The van der Waals surface area contributed by atoms with Crippen molar-refractivity contribution < 1.29 is 4.79 Å². The Bertz CT molecular complexity index is 1130. The molecule has 0 aliphatic carbocycles. The number of hydrogen-bond acceptors (Lipinski definition) is 3. The van der Waals surface area contributed by atoms with Crippen molar-refractivity contribution >= 4 is 38.6 Å². The van der Waals surface area contributed by atoms with E-state index in [2.05, 4.69) is 47.3 Å². The van der Waals surface area contributed by atoms with Gasteiger partial charge in [0.2, 0.25) is 0 Å². The van der Waals surface area contributed by atoms with E-state index in [9.17, 15) is 9.59 Å². The second-order valence-electron chi connectivity index (χ2n) is 8.25. The Hall–Kier alpha value is -2.67. The molecule has 6 nitrogen and oxygen atoms in total. The fourth-order valence-corrected chi connectivity index (χ4v) is 3.57. The van der Waals surface area contributed by atoms with E-state index in [1.165, 1.54) is 0 Å². The van der Waals surface area contributed by atoms with Crippen LogP contribution in [0.3, 0.4) is 0 Å². The number of fused-ring (bicyclic) bond motifs is 1. The van der Waals surface area contributed by atoms with Crippen molar-refractivity contribution in [1.82, 2.24) is 14.9 Å². The largest absolute Gasteiger partial charge is 0.338 e. The minimum atomic E-state index is -0.291. The van der Waals surface area contributed by atoms with E-state index in [-0.39, 0.29) is 17.0 Å². The molecule has 0 saturated heterocycles. The van der Waals surface area contributed by atoms with E-state index in [1.54, 1.807) is 22.8 Å². The van der Waals surface area contributed by atoms with Crippen LogP contribution in [0.4, 0.5) is 10.5 Å². The predicted molar refractivity (Wildman–Crippen MR) is 125 cm³/mol. The Balaban J connectivity index is 2.15. The zero-order valence-corrected chi connectivity index (χ0v) is 19.2. The number of aromatic nitrogens is 2. The molecule has 0 aliphatic heterocycles. The highest BCUT2D eigenvalue weighted by Gasteiger charge is 2.18. The van der Waals surface area contributed by atoms with Gasteiger partial charge in [-0.3, -0.25) is 9.36 Å². The highest BCUT2D eigenvalue weighted by atomic mass is 79.9. The number of carbonyl (C=O) groups is 1. The van der Waals surface area contributed by atoms with Crippen LogP contribution in [0.5, 0.6) is 0 Å². The standard InChI is InChI=1S/C23H26BrN4O2/c1-5-25-22(30)26-15-8-6-9-16(14-15)28-19(12-13-23(2,3)4)27-18-11-7-10-17(24)20(18)21(28)29/h6-12,14H,5,13H2,1-4H3,(H2,25,26,30). The zero-order chi connectivity index (χ0) is 21.9. The van der Waals surface area contributed by atoms with E-state index < -0.39 is 0 Å². The van der Waals surface area contributed by atoms with Gasteiger partial charge in [-0.1, -0.05) is 32.9 Å². The average Bonchev–Trinajstić information content (AvgIpc) is 2.66. The van der Waals surface area contributed by atoms with Gasteiger partial charge in [-0.25, -0.2) is 9.78 Å². The maximum atomic E-state index is 13.5. The van der Waals surface area contributed by atoms with Crippen molar-refractivity contribution in [3.63, 3.8) is 0 Å². The number of nitrogens with zero attached hydrogens (tertiary/aromatic N) is 2. The summed E-state index contributed by atoms with van der Waals surface area (Å²) in [5.74, 6) is 0.579. The molecule has 0 saturated carbocycles. The van der Waals surface area contributed by atoms with Gasteiger partial charge >= 0.3 is 6.03 Å². The molecule has 1 heterocycles. The van der Waals surface area contributed by atoms with Gasteiger partial charge in [-0.15, -0.1) is 0 Å². The summed E-state index contributed by atoms with van der Waals surface area (Å²) in [6, 6.07) is 12.5. The number of benzene rings is 2. The van der Waals surface area contributed by atoms with Gasteiger partial charge in [0.15, 0.2) is 0 Å². The van der Waals surface area contributed by atoms with Crippen LogP contribution in [0.2, 0.25) is 0 Å². The number of anilines is 1. The third-order valence-electron chi connectivity index (χ3n) is 4.47. The number of urea groups is 1. The van der Waals surface area contributed by atoms with Crippen molar-refractivity contribution in [2.45, 2.75) is 34.1 Å². The van der Waals surface area contributed by atoms with Gasteiger partial charge in [0.1, 0.15) is 5.82 Å². The van der Waals surface area contributed by atoms with E-state index in [0.29, 0.717) is 39.1 Å². The molecule has 3 aromatic rings. The molecule has 2 N–H and O–H groups in total. The monoisotopic (exact) mass is 469 g/mol. The molecule has 0 fully saturated rings. The first kappa shape index (κ1) is 22.0. The van der Waals surface area contributed by atoms with Crippen LogP contribution in [0.25, 0.3) is 16.6 Å². The molecule has 2 aromatic carbocycles. The third kappa shape index (κ3) is 5.08. The lowest BCUT2D eigenvalue weighted by molar-refractivity contribution is 0.252. The molecule has 0 spiro atoms. The van der Waals surface area contributed by atoms with E-state index in [4.69, 9.17) is 4.98 Å². The lowest BCUT2D eigenvalue weighted by Gasteiger charge is -2.20. The molecule has 0 bridgehead atoms. The van der Waals surface area contributed by atoms with Gasteiger partial charge < -0.3 is 10.6 Å². The van der Waals surface area contributed by atoms with Crippen LogP contribution in [-0.4, -0.2) is 22.1 Å². The molecule has 30 heavy (non-hydrogen) atoms. The quantitative estimate of drug-likeness (QED) is 0.533. The van der Waals surface area contributed by atoms with Crippen molar-refractivity contribution in [2.24, 2.45) is 5.41 Å². The predicted octanol–water partition coefficient (Wildman–Crippen LogP) is 5.28. The fourth-order valence-electron chi connectivity index (χ4n) is 3.05. The lowest BCUT2D eigenvalue weighted by Crippen LogP contribution is -2.28. The van der Waals surface area contributed by atoms with Crippen LogP contribution < -0.4 is 16.2 Å². The van der Waals surface area contributed by atoms with Gasteiger partial charge in [0.25, 0.3) is 5.56 Å². The summed E-state index contributed by atoms with van der Waals surface area (Å²) in [6.45, 7) is 8.80. The molecule has 157 valence electrons. The second-order valence-corrected chi connectivity index (χ2v) is 9.10. The van der Waals surface area contributed by atoms with Crippen molar-refractivity contribution in [2.75, 3.05) is 11.9 Å². The molecule has 1 aromatic heterocycles. The Kier molecular flexibility index (Phi) is 6.61. The number of amides is 2. The summed E-state index contributed by atoms with van der Waals surface area (Å²) < 4.78 is 2.30. The smallest absolute Gasteiger partial charge is 0.319 e. The highest BCUT2D eigenvalue weighted by molar-refractivity contribution is 9.10. The van der Waals surface area contributed by atoms with E-state index >= 15 is 0 Å². The first-order chi connectivity index (χ1) is 14.2. The Labute approximate surface area is 184 Å². The lowest BCUT2D eigenvalue weighted by atomic mass is 9.90. The zero-order valence-electron chi connectivity index (χ0n) is 17.6. The summed E-state index contributed by atoms with van der Waals surface area (Å²) in [5, 5.41) is 6.01. The molecule has 2 amide bonds. The van der Waals surface area contributed by atoms with Crippen LogP contribution in [0.15, 0.2) is 51.7 Å². The van der Waals surface area contributed by atoms with Crippen molar-refractivity contribution in [1.29, 1.82) is 0 Å². The minimum Gasteiger partial charge on any atom is -0.338 e. The van der Waals surface area contributed by atoms with E-state index in [1.807, 2.05) is 37.6 Å². The Morgan fingerprint density at radius 2 is 1.93 bits per heavy atom. The number of carbonyl (C=O) groups excluding carboxylic acids is 1. The first-order valence-corrected chi connectivity index (χ1v) is 10.7. The van der Waals surface area contributed by atoms with Crippen LogP contribution in [-0.2, 0) is 0 Å². The average molecular weight is 470 g/mol. The number of hydrogen-bond donors (Lipinski definition) is 2. The van der Waals surface area contributed by atoms with Crippen molar-refractivity contribution in [3.05, 3.63) is 69.5 Å². The van der Waals surface area contributed by atoms with E-state index in [0.717, 1.165) is 6.42 Å². The van der Waals surface area contributed by atoms with Gasteiger partial charge in [-0.05, 0) is 65.0 Å². The minimum absolute atomic E-state index is 0.0520. The summed E-state index contributed by atoms with van der Waals surface area (Å²) >= 11 is 3.49. The maximum absolute atomic E-state index is 13.5. The maximum Gasteiger partial charge on any atom is 0.319 e. The second kappa shape index (κ2) is 9.00. The fraction of sp³-hybridized carbons (Fsp3) is 0.304. The molecule has 7 heteroatoms. The molecule has 0 atom stereocenters. The summed E-state index contributed by atoms with van der Waals surface area (Å²) in [5.41, 5.74) is 1.76. The number of nitrogens with one attached hydrogen (secondary N) is 2. The molecule has 0 aliphatic rings. The van der Waals surface area contributed by atoms with Crippen LogP contribution >= 0.6 is 15.9 Å². The van der Waals surface area contributed by atoms with Crippen LogP contribution in [0, 0.1) is 11.8 Å². The van der Waals surface area contributed by atoms with Gasteiger partial charge in [0.05, 0.1) is 16.6 Å². The third-order valence-corrected chi connectivity index (χ3v) is 5.13. The molecular formula is C23H26BrN4O2. The molecule has 1 radical (unpaired) electrons. The van der Waals surface area contributed by atoms with Gasteiger partial charge in [-0.2, -0.15) is 0 Å². The molecule has 3 rings (SSSR count). The first-order valence-electron chi connectivity index (χ1n) is 9.89.